The molecule has 1 unspecified atom stereocenters. The van der Waals surface area contributed by atoms with Crippen molar-refractivity contribution in [1.82, 2.24) is 9.80 Å². The van der Waals surface area contributed by atoms with E-state index in [1.54, 1.807) is 0 Å². The Labute approximate surface area is 85.3 Å². The van der Waals surface area contributed by atoms with Gasteiger partial charge in [0.25, 0.3) is 0 Å². The molecule has 0 aromatic carbocycles. The standard InChI is InChI=1S/C9H19N5/c1-9-8-13(2)5-3-6-14(9)7-4-11-12-10/h9H,3-8H2,1-2H3. The van der Waals surface area contributed by atoms with E-state index < -0.39 is 0 Å². The third-order valence-corrected chi connectivity index (χ3v) is 2.73. The summed E-state index contributed by atoms with van der Waals surface area (Å²) in [5, 5.41) is 3.58. The molecule has 1 heterocycles. The molecule has 80 valence electrons. The second kappa shape index (κ2) is 5.86. The van der Waals surface area contributed by atoms with Crippen LogP contribution < -0.4 is 0 Å². The van der Waals surface area contributed by atoms with Crippen LogP contribution in [0.3, 0.4) is 0 Å². The molecule has 0 aliphatic carbocycles. The molecule has 5 heteroatoms. The molecule has 0 amide bonds. The van der Waals surface area contributed by atoms with Crippen LogP contribution in [0.25, 0.3) is 10.4 Å². The molecule has 1 rings (SSSR count). The molecule has 0 bridgehead atoms. The van der Waals surface area contributed by atoms with Gasteiger partial charge in [-0.05, 0) is 39.0 Å². The highest BCUT2D eigenvalue weighted by atomic mass is 15.2. The lowest BCUT2D eigenvalue weighted by molar-refractivity contribution is 0.207. The minimum absolute atomic E-state index is 0.566. The van der Waals surface area contributed by atoms with Gasteiger partial charge in [-0.2, -0.15) is 0 Å². The van der Waals surface area contributed by atoms with Crippen molar-refractivity contribution in [2.45, 2.75) is 19.4 Å². The molecular formula is C9H19N5. The molecule has 0 saturated carbocycles. The average Bonchev–Trinajstić information content (AvgIpc) is 2.29. The van der Waals surface area contributed by atoms with Crippen molar-refractivity contribution in [2.75, 3.05) is 39.8 Å². The van der Waals surface area contributed by atoms with E-state index in [0.717, 1.165) is 19.6 Å². The highest BCUT2D eigenvalue weighted by Gasteiger charge is 2.18. The first-order valence-corrected chi connectivity index (χ1v) is 5.17. The van der Waals surface area contributed by atoms with Crippen molar-refractivity contribution in [1.29, 1.82) is 0 Å². The lowest BCUT2D eigenvalue weighted by atomic mass is 10.3. The molecule has 0 N–H and O–H groups in total. The zero-order valence-corrected chi connectivity index (χ0v) is 9.06. The summed E-state index contributed by atoms with van der Waals surface area (Å²) in [7, 11) is 2.16. The van der Waals surface area contributed by atoms with Crippen LogP contribution >= 0.6 is 0 Å². The summed E-state index contributed by atoms with van der Waals surface area (Å²) in [6, 6.07) is 0.566. The van der Waals surface area contributed by atoms with Gasteiger partial charge in [-0.1, -0.05) is 5.11 Å². The Balaban J connectivity index is 2.38. The van der Waals surface area contributed by atoms with E-state index in [-0.39, 0.29) is 0 Å². The SMILES string of the molecule is CC1CN(C)CCCN1CCN=[N+]=[N-]. The summed E-state index contributed by atoms with van der Waals surface area (Å²) < 4.78 is 0. The monoisotopic (exact) mass is 197 g/mol. The van der Waals surface area contributed by atoms with Gasteiger partial charge >= 0.3 is 0 Å². The molecule has 0 spiro atoms. The number of hydrogen-bond acceptors (Lipinski definition) is 3. The van der Waals surface area contributed by atoms with E-state index in [1.807, 2.05) is 0 Å². The zero-order valence-electron chi connectivity index (χ0n) is 9.06. The Morgan fingerprint density at radius 1 is 1.50 bits per heavy atom. The maximum atomic E-state index is 8.19. The molecule has 0 radical (unpaired) electrons. The quantitative estimate of drug-likeness (QED) is 0.389. The first-order valence-electron chi connectivity index (χ1n) is 5.17. The summed E-state index contributed by atoms with van der Waals surface area (Å²) in [5.74, 6) is 0. The molecule has 1 fully saturated rings. The van der Waals surface area contributed by atoms with E-state index in [2.05, 4.69) is 33.8 Å². The maximum absolute atomic E-state index is 8.19. The van der Waals surface area contributed by atoms with Crippen LogP contribution in [0.5, 0.6) is 0 Å². The lowest BCUT2D eigenvalue weighted by Crippen LogP contribution is -2.39. The average molecular weight is 197 g/mol. The first-order chi connectivity index (χ1) is 6.74. The number of azide groups is 1. The molecule has 14 heavy (non-hydrogen) atoms. The molecule has 1 aliphatic heterocycles. The van der Waals surface area contributed by atoms with Gasteiger partial charge in [0.1, 0.15) is 0 Å². The van der Waals surface area contributed by atoms with Crippen LogP contribution in [0.2, 0.25) is 0 Å². The Hall–Kier alpha value is -0.770. The van der Waals surface area contributed by atoms with E-state index in [0.29, 0.717) is 12.6 Å². The van der Waals surface area contributed by atoms with Crippen molar-refractivity contribution in [3.8, 4) is 0 Å². The smallest absolute Gasteiger partial charge is 0.0385 e. The number of hydrogen-bond donors (Lipinski definition) is 0. The van der Waals surface area contributed by atoms with Gasteiger partial charge in [0.05, 0.1) is 0 Å². The Bertz CT molecular complexity index is 211. The van der Waals surface area contributed by atoms with E-state index in [1.165, 1.54) is 13.0 Å². The summed E-state index contributed by atoms with van der Waals surface area (Å²) in [4.78, 5) is 7.53. The topological polar surface area (TPSA) is 55.2 Å². The van der Waals surface area contributed by atoms with Gasteiger partial charge in [-0.3, -0.25) is 4.90 Å². The van der Waals surface area contributed by atoms with Crippen LogP contribution in [-0.2, 0) is 0 Å². The largest absolute Gasteiger partial charge is 0.305 e. The van der Waals surface area contributed by atoms with E-state index in [4.69, 9.17) is 5.53 Å². The van der Waals surface area contributed by atoms with Gasteiger partial charge in [-0.15, -0.1) is 0 Å². The van der Waals surface area contributed by atoms with Gasteiger partial charge < -0.3 is 4.90 Å². The fraction of sp³-hybridized carbons (Fsp3) is 1.00. The Morgan fingerprint density at radius 3 is 3.00 bits per heavy atom. The fourth-order valence-electron chi connectivity index (χ4n) is 1.97. The second-order valence-corrected chi connectivity index (χ2v) is 3.96. The summed E-state index contributed by atoms with van der Waals surface area (Å²) in [5.41, 5.74) is 8.19. The van der Waals surface area contributed by atoms with Gasteiger partial charge in [0, 0.05) is 30.6 Å². The van der Waals surface area contributed by atoms with Crippen LogP contribution in [-0.4, -0.2) is 55.6 Å². The molecule has 0 aromatic heterocycles. The first kappa shape index (κ1) is 11.3. The van der Waals surface area contributed by atoms with Crippen LogP contribution in [0.1, 0.15) is 13.3 Å². The minimum atomic E-state index is 0.566. The van der Waals surface area contributed by atoms with Crippen LogP contribution in [0.15, 0.2) is 5.11 Å². The molecule has 1 aliphatic rings. The van der Waals surface area contributed by atoms with E-state index >= 15 is 0 Å². The predicted octanol–water partition coefficient (Wildman–Crippen LogP) is 1.32. The minimum Gasteiger partial charge on any atom is -0.305 e. The van der Waals surface area contributed by atoms with Crippen LogP contribution in [0, 0.1) is 0 Å². The van der Waals surface area contributed by atoms with Crippen molar-refractivity contribution in [3.63, 3.8) is 0 Å². The second-order valence-electron chi connectivity index (χ2n) is 3.96. The molecule has 0 aromatic rings. The number of nitrogens with zero attached hydrogens (tertiary/aromatic N) is 5. The molecule has 5 nitrogen and oxygen atoms in total. The molecule has 1 saturated heterocycles. The maximum Gasteiger partial charge on any atom is 0.0385 e. The number of rotatable bonds is 3. The van der Waals surface area contributed by atoms with Crippen molar-refractivity contribution in [3.05, 3.63) is 10.4 Å². The molecular weight excluding hydrogens is 178 g/mol. The van der Waals surface area contributed by atoms with Gasteiger partial charge in [0.15, 0.2) is 0 Å². The zero-order chi connectivity index (χ0) is 10.4. The normalized spacial score (nSPS) is 25.4. The summed E-state index contributed by atoms with van der Waals surface area (Å²) in [6.45, 7) is 7.10. The van der Waals surface area contributed by atoms with Crippen molar-refractivity contribution < 1.29 is 0 Å². The number of likely N-dealkylation sites (N-methyl/N-ethyl adjacent to an activating group) is 1. The Kier molecular flexibility index (Phi) is 4.73. The predicted molar refractivity (Wildman–Crippen MR) is 57.2 cm³/mol. The fourth-order valence-corrected chi connectivity index (χ4v) is 1.97. The van der Waals surface area contributed by atoms with Gasteiger partial charge in [-0.25, -0.2) is 0 Å². The molecule has 1 atom stereocenters. The van der Waals surface area contributed by atoms with E-state index in [9.17, 15) is 0 Å². The van der Waals surface area contributed by atoms with Crippen molar-refractivity contribution in [2.24, 2.45) is 5.11 Å². The van der Waals surface area contributed by atoms with Crippen LogP contribution in [0.4, 0.5) is 0 Å². The lowest BCUT2D eigenvalue weighted by Gasteiger charge is -2.27. The highest BCUT2D eigenvalue weighted by molar-refractivity contribution is 4.75. The third-order valence-electron chi connectivity index (χ3n) is 2.73. The van der Waals surface area contributed by atoms with Crippen molar-refractivity contribution >= 4 is 0 Å². The summed E-state index contributed by atoms with van der Waals surface area (Å²) in [6.07, 6.45) is 1.21. The highest BCUT2D eigenvalue weighted by Crippen LogP contribution is 2.07. The summed E-state index contributed by atoms with van der Waals surface area (Å²) >= 11 is 0. The third kappa shape index (κ3) is 3.54. The Morgan fingerprint density at radius 2 is 2.29 bits per heavy atom. The van der Waals surface area contributed by atoms with Gasteiger partial charge in [0.2, 0.25) is 0 Å².